The van der Waals surface area contributed by atoms with E-state index < -0.39 is 5.41 Å². The van der Waals surface area contributed by atoms with Crippen molar-refractivity contribution in [3.63, 3.8) is 0 Å². The molecule has 0 aliphatic heterocycles. The first kappa shape index (κ1) is 20.9. The van der Waals surface area contributed by atoms with Crippen molar-refractivity contribution in [2.75, 3.05) is 39.8 Å². The van der Waals surface area contributed by atoms with Gasteiger partial charge in [0.2, 0.25) is 5.91 Å². The number of unbranched alkanes of at least 4 members (excludes halogenated alkanes) is 1. The molecule has 0 unspecified atom stereocenters. The summed E-state index contributed by atoms with van der Waals surface area (Å²) in [6, 6.07) is 0. The quantitative estimate of drug-likeness (QED) is 0.459. The van der Waals surface area contributed by atoms with Crippen LogP contribution in [0.25, 0.3) is 0 Å². The number of hydrogen-bond donors (Lipinski definition) is 0. The van der Waals surface area contributed by atoms with Crippen LogP contribution in [0.5, 0.6) is 0 Å². The smallest absolute Gasteiger partial charge is 0.307 e. The highest BCUT2D eigenvalue weighted by atomic mass is 16.5. The standard InChI is InChI=1S/C17H34N2O3/c1-7-18(8-2)12-9-10-13-19(14-11-15(20)22-6)16(21)17(3,4)5/h7-14H2,1-6H3. The van der Waals surface area contributed by atoms with E-state index in [9.17, 15) is 9.59 Å². The van der Waals surface area contributed by atoms with Crippen molar-refractivity contribution in [1.29, 1.82) is 0 Å². The molecule has 0 aliphatic carbocycles. The fourth-order valence-electron chi connectivity index (χ4n) is 2.30. The van der Waals surface area contributed by atoms with Crippen LogP contribution in [0.4, 0.5) is 0 Å². The molecule has 0 bridgehead atoms. The zero-order chi connectivity index (χ0) is 17.2. The van der Waals surface area contributed by atoms with Crippen LogP contribution in [0, 0.1) is 5.41 Å². The van der Waals surface area contributed by atoms with Crippen LogP contribution in [0.1, 0.15) is 53.9 Å². The van der Waals surface area contributed by atoms with E-state index in [1.165, 1.54) is 7.11 Å². The highest BCUT2D eigenvalue weighted by Crippen LogP contribution is 2.18. The van der Waals surface area contributed by atoms with Crippen molar-refractivity contribution in [2.24, 2.45) is 5.41 Å². The molecule has 0 atom stereocenters. The van der Waals surface area contributed by atoms with E-state index >= 15 is 0 Å². The molecule has 0 aromatic heterocycles. The molecule has 0 aromatic rings. The average molecular weight is 314 g/mol. The molecule has 0 rings (SSSR count). The number of carbonyl (C=O) groups excluding carboxylic acids is 2. The maximum Gasteiger partial charge on any atom is 0.307 e. The monoisotopic (exact) mass is 314 g/mol. The number of esters is 1. The normalized spacial score (nSPS) is 11.6. The second-order valence-corrected chi connectivity index (χ2v) is 6.60. The maximum atomic E-state index is 12.5. The molecule has 0 spiro atoms. The number of methoxy groups -OCH3 is 1. The van der Waals surface area contributed by atoms with Crippen molar-refractivity contribution in [3.8, 4) is 0 Å². The molecule has 0 radical (unpaired) electrons. The summed E-state index contributed by atoms with van der Waals surface area (Å²) in [6.45, 7) is 14.4. The Bertz CT molecular complexity index is 333. The van der Waals surface area contributed by atoms with E-state index in [4.69, 9.17) is 0 Å². The van der Waals surface area contributed by atoms with Crippen LogP contribution in [0.3, 0.4) is 0 Å². The van der Waals surface area contributed by atoms with Crippen LogP contribution in [0.15, 0.2) is 0 Å². The van der Waals surface area contributed by atoms with Gasteiger partial charge in [-0.15, -0.1) is 0 Å². The van der Waals surface area contributed by atoms with Crippen LogP contribution in [-0.2, 0) is 14.3 Å². The van der Waals surface area contributed by atoms with Crippen LogP contribution in [-0.4, -0.2) is 61.5 Å². The Labute approximate surface area is 136 Å². The first-order chi connectivity index (χ1) is 10.3. The number of carbonyl (C=O) groups is 2. The summed E-state index contributed by atoms with van der Waals surface area (Å²) < 4.78 is 4.67. The minimum Gasteiger partial charge on any atom is -0.469 e. The van der Waals surface area contributed by atoms with E-state index in [1.54, 1.807) is 4.90 Å². The molecule has 1 amide bonds. The molecule has 0 saturated carbocycles. The third-order valence-electron chi connectivity index (χ3n) is 3.79. The van der Waals surface area contributed by atoms with Crippen LogP contribution in [0.2, 0.25) is 0 Å². The lowest BCUT2D eigenvalue weighted by Crippen LogP contribution is -2.41. The van der Waals surface area contributed by atoms with Gasteiger partial charge in [0.25, 0.3) is 0 Å². The summed E-state index contributed by atoms with van der Waals surface area (Å²) in [7, 11) is 1.38. The van der Waals surface area contributed by atoms with Gasteiger partial charge >= 0.3 is 5.97 Å². The van der Waals surface area contributed by atoms with Crippen molar-refractivity contribution >= 4 is 11.9 Å². The largest absolute Gasteiger partial charge is 0.469 e. The molecular formula is C17H34N2O3. The number of nitrogens with zero attached hydrogens (tertiary/aromatic N) is 2. The molecule has 0 aromatic carbocycles. The Morgan fingerprint density at radius 3 is 1.95 bits per heavy atom. The Balaban J connectivity index is 4.41. The molecule has 0 fully saturated rings. The lowest BCUT2D eigenvalue weighted by atomic mass is 9.94. The van der Waals surface area contributed by atoms with Gasteiger partial charge in [0.1, 0.15) is 0 Å². The van der Waals surface area contributed by atoms with Crippen molar-refractivity contribution in [2.45, 2.75) is 53.9 Å². The van der Waals surface area contributed by atoms with E-state index in [1.807, 2.05) is 20.8 Å². The molecule has 22 heavy (non-hydrogen) atoms. The number of rotatable bonds is 10. The average Bonchev–Trinajstić information content (AvgIpc) is 2.48. The first-order valence-corrected chi connectivity index (χ1v) is 8.34. The molecule has 5 nitrogen and oxygen atoms in total. The molecule has 0 aliphatic rings. The third kappa shape index (κ3) is 8.37. The lowest BCUT2D eigenvalue weighted by molar-refractivity contribution is -0.143. The number of amides is 1. The third-order valence-corrected chi connectivity index (χ3v) is 3.79. The molecule has 130 valence electrons. The van der Waals surface area contributed by atoms with E-state index in [0.29, 0.717) is 13.1 Å². The highest BCUT2D eigenvalue weighted by Gasteiger charge is 2.27. The maximum absolute atomic E-state index is 12.5. The molecular weight excluding hydrogens is 280 g/mol. The summed E-state index contributed by atoms with van der Waals surface area (Å²) in [5.74, 6) is -0.172. The van der Waals surface area contributed by atoms with Crippen LogP contribution < -0.4 is 0 Å². The SMILES string of the molecule is CCN(CC)CCCCN(CCC(=O)OC)C(=O)C(C)(C)C. The van der Waals surface area contributed by atoms with E-state index in [2.05, 4.69) is 23.5 Å². The second kappa shape index (κ2) is 10.6. The highest BCUT2D eigenvalue weighted by molar-refractivity contribution is 5.82. The Morgan fingerprint density at radius 1 is 0.955 bits per heavy atom. The van der Waals surface area contributed by atoms with Gasteiger partial charge in [-0.3, -0.25) is 9.59 Å². The second-order valence-electron chi connectivity index (χ2n) is 6.60. The minimum atomic E-state index is -0.422. The summed E-state index contributed by atoms with van der Waals surface area (Å²) in [5.41, 5.74) is -0.422. The lowest BCUT2D eigenvalue weighted by Gasteiger charge is -2.29. The van der Waals surface area contributed by atoms with Crippen molar-refractivity contribution < 1.29 is 14.3 Å². The molecule has 0 N–H and O–H groups in total. The van der Waals surface area contributed by atoms with Gasteiger partial charge in [-0.05, 0) is 32.5 Å². The Hall–Kier alpha value is -1.10. The van der Waals surface area contributed by atoms with Gasteiger partial charge < -0.3 is 14.5 Å². The predicted molar refractivity (Wildman–Crippen MR) is 89.7 cm³/mol. The summed E-state index contributed by atoms with van der Waals surface area (Å²) in [6.07, 6.45) is 2.28. The van der Waals surface area contributed by atoms with Gasteiger partial charge in [0.05, 0.1) is 13.5 Å². The zero-order valence-corrected chi connectivity index (χ0v) is 15.3. The first-order valence-electron chi connectivity index (χ1n) is 8.34. The van der Waals surface area contributed by atoms with Gasteiger partial charge in [-0.1, -0.05) is 34.6 Å². The van der Waals surface area contributed by atoms with Gasteiger partial charge in [0, 0.05) is 18.5 Å². The summed E-state index contributed by atoms with van der Waals surface area (Å²) in [4.78, 5) is 28.0. The molecule has 0 heterocycles. The Morgan fingerprint density at radius 2 is 1.50 bits per heavy atom. The van der Waals surface area contributed by atoms with E-state index in [-0.39, 0.29) is 18.3 Å². The number of hydrogen-bond acceptors (Lipinski definition) is 4. The van der Waals surface area contributed by atoms with Crippen molar-refractivity contribution in [3.05, 3.63) is 0 Å². The topological polar surface area (TPSA) is 49.9 Å². The number of ether oxygens (including phenoxy) is 1. The minimum absolute atomic E-state index is 0.0965. The van der Waals surface area contributed by atoms with E-state index in [0.717, 1.165) is 32.5 Å². The predicted octanol–water partition coefficient (Wildman–Crippen LogP) is 2.55. The fraction of sp³-hybridized carbons (Fsp3) is 0.882. The van der Waals surface area contributed by atoms with Gasteiger partial charge in [0.15, 0.2) is 0 Å². The zero-order valence-electron chi connectivity index (χ0n) is 15.3. The fourth-order valence-corrected chi connectivity index (χ4v) is 2.30. The van der Waals surface area contributed by atoms with Gasteiger partial charge in [-0.2, -0.15) is 0 Å². The van der Waals surface area contributed by atoms with Crippen molar-refractivity contribution in [1.82, 2.24) is 9.80 Å². The summed E-state index contributed by atoms with van der Waals surface area (Å²) in [5, 5.41) is 0. The van der Waals surface area contributed by atoms with Gasteiger partial charge in [-0.25, -0.2) is 0 Å². The summed E-state index contributed by atoms with van der Waals surface area (Å²) >= 11 is 0. The molecule has 0 saturated heterocycles. The van der Waals surface area contributed by atoms with Crippen LogP contribution >= 0.6 is 0 Å². The molecule has 5 heteroatoms. The Kier molecular flexibility index (Phi) is 10.1.